The van der Waals surface area contributed by atoms with E-state index in [-0.39, 0.29) is 5.92 Å². The molecule has 0 unspecified atom stereocenters. The van der Waals surface area contributed by atoms with Crippen molar-refractivity contribution < 1.29 is 4.42 Å². The minimum atomic E-state index is 0.253. The molecular formula is C11H13N3O. The molecule has 0 aromatic carbocycles. The van der Waals surface area contributed by atoms with Crippen molar-refractivity contribution >= 4 is 0 Å². The molecule has 0 saturated carbocycles. The minimum absolute atomic E-state index is 0.253. The van der Waals surface area contributed by atoms with Gasteiger partial charge in [-0.3, -0.25) is 4.98 Å². The van der Waals surface area contributed by atoms with Crippen LogP contribution in [0, 0.1) is 6.92 Å². The van der Waals surface area contributed by atoms with Crippen LogP contribution < -0.4 is 0 Å². The van der Waals surface area contributed by atoms with Gasteiger partial charge in [0.1, 0.15) is 0 Å². The lowest BCUT2D eigenvalue weighted by molar-refractivity contribution is 0.480. The molecule has 0 bridgehead atoms. The Morgan fingerprint density at radius 1 is 1.27 bits per heavy atom. The molecule has 4 heteroatoms. The quantitative estimate of drug-likeness (QED) is 0.752. The standard InChI is InChI=1S/C11H13N3O/c1-7(2)10-13-14-11(15-10)9-5-4-6-12-8(9)3/h4-7H,1-3H3. The van der Waals surface area contributed by atoms with Gasteiger partial charge in [-0.05, 0) is 19.1 Å². The lowest BCUT2D eigenvalue weighted by Gasteiger charge is -1.98. The van der Waals surface area contributed by atoms with Crippen LogP contribution in [0.5, 0.6) is 0 Å². The van der Waals surface area contributed by atoms with Gasteiger partial charge in [-0.25, -0.2) is 0 Å². The summed E-state index contributed by atoms with van der Waals surface area (Å²) in [6, 6.07) is 3.79. The van der Waals surface area contributed by atoms with E-state index < -0.39 is 0 Å². The Hall–Kier alpha value is -1.71. The summed E-state index contributed by atoms with van der Waals surface area (Å²) in [6.45, 7) is 5.97. The molecule has 0 saturated heterocycles. The highest BCUT2D eigenvalue weighted by molar-refractivity contribution is 5.55. The summed E-state index contributed by atoms with van der Waals surface area (Å²) in [6.07, 6.45) is 1.75. The smallest absolute Gasteiger partial charge is 0.249 e. The largest absolute Gasteiger partial charge is 0.420 e. The van der Waals surface area contributed by atoms with Crippen molar-refractivity contribution in [1.29, 1.82) is 0 Å². The zero-order chi connectivity index (χ0) is 10.8. The molecular weight excluding hydrogens is 190 g/mol. The molecule has 0 atom stereocenters. The molecule has 0 spiro atoms. The van der Waals surface area contributed by atoms with E-state index in [2.05, 4.69) is 15.2 Å². The maximum atomic E-state index is 5.55. The molecule has 2 rings (SSSR count). The molecule has 78 valence electrons. The lowest BCUT2D eigenvalue weighted by Crippen LogP contribution is -1.86. The Morgan fingerprint density at radius 3 is 2.67 bits per heavy atom. The summed E-state index contributed by atoms with van der Waals surface area (Å²) in [5.74, 6) is 1.46. The van der Waals surface area contributed by atoms with Crippen molar-refractivity contribution in [3.63, 3.8) is 0 Å². The predicted molar refractivity (Wildman–Crippen MR) is 56.4 cm³/mol. The van der Waals surface area contributed by atoms with E-state index in [9.17, 15) is 0 Å². The van der Waals surface area contributed by atoms with E-state index in [1.54, 1.807) is 6.20 Å². The second-order valence-electron chi connectivity index (χ2n) is 3.74. The molecule has 0 aliphatic heterocycles. The third kappa shape index (κ3) is 1.88. The Labute approximate surface area is 88.4 Å². The van der Waals surface area contributed by atoms with Gasteiger partial charge in [0.15, 0.2) is 0 Å². The van der Waals surface area contributed by atoms with Crippen molar-refractivity contribution in [3.05, 3.63) is 29.9 Å². The third-order valence-electron chi connectivity index (χ3n) is 2.17. The highest BCUT2D eigenvalue weighted by atomic mass is 16.4. The topological polar surface area (TPSA) is 51.8 Å². The van der Waals surface area contributed by atoms with Crippen LogP contribution in [-0.4, -0.2) is 15.2 Å². The normalized spacial score (nSPS) is 10.9. The molecule has 0 aliphatic rings. The van der Waals surface area contributed by atoms with Crippen LogP contribution in [-0.2, 0) is 0 Å². The van der Waals surface area contributed by atoms with Crippen molar-refractivity contribution in [2.45, 2.75) is 26.7 Å². The molecule has 2 aromatic rings. The number of aromatic nitrogens is 3. The molecule has 0 N–H and O–H groups in total. The summed E-state index contributed by atoms with van der Waals surface area (Å²) in [7, 11) is 0. The first kappa shape index (κ1) is 9.83. The molecule has 4 nitrogen and oxygen atoms in total. The van der Waals surface area contributed by atoms with Crippen LogP contribution >= 0.6 is 0 Å². The first-order valence-electron chi connectivity index (χ1n) is 4.94. The summed E-state index contributed by atoms with van der Waals surface area (Å²) in [5, 5.41) is 8.00. The van der Waals surface area contributed by atoms with Gasteiger partial charge in [-0.1, -0.05) is 13.8 Å². The van der Waals surface area contributed by atoms with Crippen LogP contribution in [0.2, 0.25) is 0 Å². The van der Waals surface area contributed by atoms with Gasteiger partial charge in [0.05, 0.1) is 5.56 Å². The number of hydrogen-bond acceptors (Lipinski definition) is 4. The molecule has 0 amide bonds. The average Bonchev–Trinajstić information content (AvgIpc) is 2.67. The zero-order valence-corrected chi connectivity index (χ0v) is 9.06. The van der Waals surface area contributed by atoms with Gasteiger partial charge in [0.25, 0.3) is 0 Å². The first-order chi connectivity index (χ1) is 7.18. The van der Waals surface area contributed by atoms with Gasteiger partial charge in [-0.2, -0.15) is 0 Å². The molecule has 2 aromatic heterocycles. The summed E-state index contributed by atoms with van der Waals surface area (Å²) >= 11 is 0. The number of pyridine rings is 1. The van der Waals surface area contributed by atoms with Gasteiger partial charge >= 0.3 is 0 Å². The number of nitrogens with zero attached hydrogens (tertiary/aromatic N) is 3. The van der Waals surface area contributed by atoms with E-state index in [1.807, 2.05) is 32.9 Å². The number of aryl methyl sites for hydroxylation is 1. The Kier molecular flexibility index (Phi) is 2.49. The van der Waals surface area contributed by atoms with Crippen LogP contribution in [0.3, 0.4) is 0 Å². The summed E-state index contributed by atoms with van der Waals surface area (Å²) in [5.41, 5.74) is 1.80. The highest BCUT2D eigenvalue weighted by Crippen LogP contribution is 2.22. The average molecular weight is 203 g/mol. The van der Waals surface area contributed by atoms with Gasteiger partial charge in [0, 0.05) is 17.8 Å². The van der Waals surface area contributed by atoms with Crippen LogP contribution in [0.1, 0.15) is 31.4 Å². The first-order valence-corrected chi connectivity index (χ1v) is 4.94. The third-order valence-corrected chi connectivity index (χ3v) is 2.17. The molecule has 0 radical (unpaired) electrons. The maximum absolute atomic E-state index is 5.55. The lowest BCUT2D eigenvalue weighted by atomic mass is 10.2. The Morgan fingerprint density at radius 2 is 2.07 bits per heavy atom. The van der Waals surface area contributed by atoms with E-state index in [4.69, 9.17) is 4.42 Å². The van der Waals surface area contributed by atoms with E-state index >= 15 is 0 Å². The molecule has 0 aliphatic carbocycles. The van der Waals surface area contributed by atoms with Crippen molar-refractivity contribution in [2.24, 2.45) is 0 Å². The van der Waals surface area contributed by atoms with Crippen molar-refractivity contribution in [2.75, 3.05) is 0 Å². The van der Waals surface area contributed by atoms with Crippen molar-refractivity contribution in [1.82, 2.24) is 15.2 Å². The maximum Gasteiger partial charge on any atom is 0.249 e. The second-order valence-corrected chi connectivity index (χ2v) is 3.74. The zero-order valence-electron chi connectivity index (χ0n) is 9.06. The fraction of sp³-hybridized carbons (Fsp3) is 0.364. The van der Waals surface area contributed by atoms with E-state index in [0.717, 1.165) is 11.3 Å². The SMILES string of the molecule is Cc1ncccc1-c1nnc(C(C)C)o1. The predicted octanol–water partition coefficient (Wildman–Crippen LogP) is 2.56. The van der Waals surface area contributed by atoms with Gasteiger partial charge < -0.3 is 4.42 Å². The Balaban J connectivity index is 2.42. The van der Waals surface area contributed by atoms with Crippen LogP contribution in [0.15, 0.2) is 22.7 Å². The second kappa shape index (κ2) is 3.81. The Bertz CT molecular complexity index is 462. The van der Waals surface area contributed by atoms with Gasteiger partial charge in [-0.15, -0.1) is 10.2 Å². The molecule has 2 heterocycles. The van der Waals surface area contributed by atoms with E-state index in [1.165, 1.54) is 0 Å². The summed E-state index contributed by atoms with van der Waals surface area (Å²) < 4.78 is 5.55. The molecule has 15 heavy (non-hydrogen) atoms. The van der Waals surface area contributed by atoms with E-state index in [0.29, 0.717) is 11.8 Å². The summed E-state index contributed by atoms with van der Waals surface area (Å²) in [4.78, 5) is 4.18. The molecule has 0 fully saturated rings. The minimum Gasteiger partial charge on any atom is -0.420 e. The van der Waals surface area contributed by atoms with Crippen molar-refractivity contribution in [3.8, 4) is 11.5 Å². The van der Waals surface area contributed by atoms with Crippen LogP contribution in [0.4, 0.5) is 0 Å². The fourth-order valence-corrected chi connectivity index (χ4v) is 1.29. The van der Waals surface area contributed by atoms with Crippen LogP contribution in [0.25, 0.3) is 11.5 Å². The monoisotopic (exact) mass is 203 g/mol. The number of rotatable bonds is 2. The van der Waals surface area contributed by atoms with Gasteiger partial charge in [0.2, 0.25) is 11.8 Å². The highest BCUT2D eigenvalue weighted by Gasteiger charge is 2.12. The number of hydrogen-bond donors (Lipinski definition) is 0. The fourth-order valence-electron chi connectivity index (χ4n) is 1.29.